The third-order valence-electron chi connectivity index (χ3n) is 1.62. The van der Waals surface area contributed by atoms with Crippen LogP contribution >= 0.6 is 10.7 Å². The Morgan fingerprint density at radius 3 is 2.92 bits per heavy atom. The molecule has 0 saturated carbocycles. The van der Waals surface area contributed by atoms with Crippen molar-refractivity contribution < 1.29 is 8.42 Å². The van der Waals surface area contributed by atoms with Gasteiger partial charge in [0.05, 0.1) is 15.9 Å². The van der Waals surface area contributed by atoms with Crippen LogP contribution in [0.2, 0.25) is 0 Å². The third kappa shape index (κ3) is 1.52. The molecule has 1 aromatic carbocycles. The number of nitrogens with one attached hydrogen (secondary N) is 1. The predicted molar refractivity (Wildman–Crippen MR) is 48.0 cm³/mol. The van der Waals surface area contributed by atoms with Gasteiger partial charge in [0, 0.05) is 10.7 Å². The van der Waals surface area contributed by atoms with E-state index < -0.39 is 9.05 Å². The quantitative estimate of drug-likeness (QED) is 0.730. The minimum Gasteiger partial charge on any atom is -0.335 e. The van der Waals surface area contributed by atoms with Gasteiger partial charge in [0.25, 0.3) is 9.05 Å². The van der Waals surface area contributed by atoms with Crippen molar-refractivity contribution in [3.63, 3.8) is 0 Å². The number of aromatic amines is 1. The van der Waals surface area contributed by atoms with E-state index in [9.17, 15) is 8.42 Å². The van der Waals surface area contributed by atoms with E-state index in [0.29, 0.717) is 5.52 Å². The summed E-state index contributed by atoms with van der Waals surface area (Å²) < 4.78 is 21.8. The average molecular weight is 216 g/mol. The molecule has 0 fully saturated rings. The van der Waals surface area contributed by atoms with Gasteiger partial charge in [-0.1, -0.05) is 0 Å². The molecule has 0 spiro atoms. The third-order valence-corrected chi connectivity index (χ3v) is 2.97. The smallest absolute Gasteiger partial charge is 0.261 e. The fourth-order valence-electron chi connectivity index (χ4n) is 1.01. The van der Waals surface area contributed by atoms with Gasteiger partial charge in [0.15, 0.2) is 6.33 Å². The van der Waals surface area contributed by atoms with Crippen LogP contribution < -0.4 is 0 Å². The average Bonchev–Trinajstić information content (AvgIpc) is 2.47. The predicted octanol–water partition coefficient (Wildman–Crippen LogP) is 1.29. The summed E-state index contributed by atoms with van der Waals surface area (Å²) in [6.07, 6.45) is 2.50. The lowest BCUT2D eigenvalue weighted by Crippen LogP contribution is -1.89. The highest BCUT2D eigenvalue weighted by Crippen LogP contribution is 2.18. The van der Waals surface area contributed by atoms with E-state index in [1.54, 1.807) is 6.07 Å². The number of hydrogen-bond donors (Lipinski definition) is 1. The highest BCUT2D eigenvalue weighted by Gasteiger charge is 2.10. The number of H-pyrrole nitrogens is 1. The van der Waals surface area contributed by atoms with Gasteiger partial charge in [-0.05, 0) is 18.2 Å². The van der Waals surface area contributed by atoms with Gasteiger partial charge in [-0.15, -0.1) is 0 Å². The van der Waals surface area contributed by atoms with Crippen molar-refractivity contribution in [2.45, 2.75) is 4.90 Å². The van der Waals surface area contributed by atoms with Gasteiger partial charge in [-0.3, -0.25) is 0 Å². The number of nitrogens with zero attached hydrogens (tertiary/aromatic N) is 1. The van der Waals surface area contributed by atoms with Gasteiger partial charge in [0.1, 0.15) is 0 Å². The van der Waals surface area contributed by atoms with E-state index in [1.165, 1.54) is 12.1 Å². The van der Waals surface area contributed by atoms with Crippen molar-refractivity contribution in [1.29, 1.82) is 0 Å². The number of benzene rings is 1. The van der Waals surface area contributed by atoms with Crippen LogP contribution in [0, 0.1) is 6.33 Å². The molecule has 2 aromatic rings. The number of rotatable bonds is 1. The highest BCUT2D eigenvalue weighted by atomic mass is 35.7. The molecule has 4 nitrogen and oxygen atoms in total. The first kappa shape index (κ1) is 8.52. The summed E-state index contributed by atoms with van der Waals surface area (Å²) in [6, 6.07) is 4.40. The monoisotopic (exact) mass is 215 g/mol. The van der Waals surface area contributed by atoms with E-state index >= 15 is 0 Å². The molecule has 2 rings (SSSR count). The van der Waals surface area contributed by atoms with Gasteiger partial charge >= 0.3 is 0 Å². The molecule has 0 aliphatic heterocycles. The molecule has 1 radical (unpaired) electrons. The SMILES string of the molecule is O=S(=O)(Cl)c1ccc2[nH][c]nc2c1. The van der Waals surface area contributed by atoms with Crippen LogP contribution in [0.4, 0.5) is 0 Å². The molecule has 0 aliphatic carbocycles. The van der Waals surface area contributed by atoms with E-state index in [1.807, 2.05) is 0 Å². The Balaban J connectivity index is 2.75. The molecule has 13 heavy (non-hydrogen) atoms. The van der Waals surface area contributed by atoms with Crippen molar-refractivity contribution in [2.75, 3.05) is 0 Å². The summed E-state index contributed by atoms with van der Waals surface area (Å²) in [4.78, 5) is 6.56. The fourth-order valence-corrected chi connectivity index (χ4v) is 1.78. The molecule has 67 valence electrons. The van der Waals surface area contributed by atoms with Gasteiger partial charge < -0.3 is 4.98 Å². The molecule has 0 amide bonds. The number of halogens is 1. The van der Waals surface area contributed by atoms with Crippen molar-refractivity contribution in [3.05, 3.63) is 24.5 Å². The topological polar surface area (TPSA) is 62.8 Å². The maximum atomic E-state index is 10.9. The first-order valence-electron chi connectivity index (χ1n) is 3.38. The lowest BCUT2D eigenvalue weighted by atomic mass is 10.3. The Hall–Kier alpha value is -1.07. The van der Waals surface area contributed by atoms with Crippen molar-refractivity contribution in [1.82, 2.24) is 9.97 Å². The summed E-state index contributed by atoms with van der Waals surface area (Å²) in [5.41, 5.74) is 1.26. The molecular weight excluding hydrogens is 212 g/mol. The molecule has 1 N–H and O–H groups in total. The van der Waals surface area contributed by atoms with Gasteiger partial charge in [0.2, 0.25) is 0 Å². The van der Waals surface area contributed by atoms with Crippen LogP contribution in [0.15, 0.2) is 23.1 Å². The van der Waals surface area contributed by atoms with E-state index in [0.717, 1.165) is 5.52 Å². The summed E-state index contributed by atoms with van der Waals surface area (Å²) in [5.74, 6) is 0. The first-order chi connectivity index (χ1) is 6.07. The number of aromatic nitrogens is 2. The minimum atomic E-state index is -3.67. The highest BCUT2D eigenvalue weighted by molar-refractivity contribution is 8.13. The van der Waals surface area contributed by atoms with Crippen molar-refractivity contribution >= 4 is 30.8 Å². The Bertz CT molecular complexity index is 546. The lowest BCUT2D eigenvalue weighted by molar-refractivity contribution is 0.609. The Kier molecular flexibility index (Phi) is 1.78. The van der Waals surface area contributed by atoms with Crippen LogP contribution in [0.5, 0.6) is 0 Å². The van der Waals surface area contributed by atoms with Crippen molar-refractivity contribution in [2.24, 2.45) is 0 Å². The van der Waals surface area contributed by atoms with E-state index in [2.05, 4.69) is 16.3 Å². The molecule has 6 heteroatoms. The van der Waals surface area contributed by atoms with E-state index in [-0.39, 0.29) is 4.90 Å². The first-order valence-corrected chi connectivity index (χ1v) is 5.69. The number of hydrogen-bond acceptors (Lipinski definition) is 3. The Morgan fingerprint density at radius 1 is 1.46 bits per heavy atom. The molecule has 0 bridgehead atoms. The second-order valence-corrected chi connectivity index (χ2v) is 5.03. The number of fused-ring (bicyclic) bond motifs is 1. The normalized spacial score (nSPS) is 12.1. The molecule has 0 aliphatic rings. The van der Waals surface area contributed by atoms with E-state index in [4.69, 9.17) is 10.7 Å². The van der Waals surface area contributed by atoms with Crippen LogP contribution in [-0.4, -0.2) is 18.4 Å². The second-order valence-electron chi connectivity index (χ2n) is 2.47. The lowest BCUT2D eigenvalue weighted by Gasteiger charge is -1.94. The van der Waals surface area contributed by atoms with Crippen LogP contribution in [0.3, 0.4) is 0 Å². The fraction of sp³-hybridized carbons (Fsp3) is 0. The number of imidazole rings is 1. The minimum absolute atomic E-state index is 0.0437. The van der Waals surface area contributed by atoms with Crippen LogP contribution in [0.25, 0.3) is 11.0 Å². The summed E-state index contributed by atoms with van der Waals surface area (Å²) in [6.45, 7) is 0. The standard InChI is InChI=1S/C7H4ClN2O2S/c8-13(11,12)5-1-2-6-7(3-5)10-4-9-6/h1-3H,(H,9,10). The summed E-state index contributed by atoms with van der Waals surface area (Å²) >= 11 is 0. The zero-order chi connectivity index (χ0) is 9.47. The Morgan fingerprint density at radius 2 is 2.23 bits per heavy atom. The molecule has 1 aromatic heterocycles. The summed E-state index contributed by atoms with van der Waals surface area (Å²) in [5, 5.41) is 0. The molecule has 0 atom stereocenters. The molecular formula is C7H4ClN2O2S. The maximum Gasteiger partial charge on any atom is 0.261 e. The van der Waals surface area contributed by atoms with Gasteiger partial charge in [-0.2, -0.15) is 0 Å². The largest absolute Gasteiger partial charge is 0.335 e. The zero-order valence-corrected chi connectivity index (χ0v) is 7.85. The Labute approximate surface area is 79.0 Å². The van der Waals surface area contributed by atoms with Gasteiger partial charge in [-0.25, -0.2) is 13.4 Å². The molecule has 1 heterocycles. The molecule has 0 unspecified atom stereocenters. The maximum absolute atomic E-state index is 10.9. The summed E-state index contributed by atoms with van der Waals surface area (Å²) in [7, 11) is 1.48. The molecule has 0 saturated heterocycles. The second kappa shape index (κ2) is 2.71. The van der Waals surface area contributed by atoms with Crippen LogP contribution in [0.1, 0.15) is 0 Å². The van der Waals surface area contributed by atoms with Crippen molar-refractivity contribution in [3.8, 4) is 0 Å². The zero-order valence-electron chi connectivity index (χ0n) is 6.28. The van der Waals surface area contributed by atoms with Crippen LogP contribution in [-0.2, 0) is 9.05 Å².